The average molecular weight is 283 g/mol. The van der Waals surface area contributed by atoms with Crippen LogP contribution in [-0.2, 0) is 16.1 Å². The Morgan fingerprint density at radius 3 is 2.75 bits per heavy atom. The van der Waals surface area contributed by atoms with Crippen LogP contribution in [0.3, 0.4) is 0 Å². The van der Waals surface area contributed by atoms with Crippen LogP contribution in [0.4, 0.5) is 0 Å². The lowest BCUT2D eigenvalue weighted by molar-refractivity contribution is -0.123. The number of hydrogen-bond donors (Lipinski definition) is 2. The molecule has 2 N–H and O–H groups in total. The summed E-state index contributed by atoms with van der Waals surface area (Å²) in [6, 6.07) is 5.06. The van der Waals surface area contributed by atoms with Crippen LogP contribution in [0.2, 0.25) is 0 Å². The minimum Gasteiger partial charge on any atom is -0.493 e. The van der Waals surface area contributed by atoms with Crippen molar-refractivity contribution in [1.29, 1.82) is 0 Å². The molecule has 0 aromatic heterocycles. The van der Waals surface area contributed by atoms with E-state index in [-0.39, 0.29) is 19.1 Å². The maximum atomic E-state index is 11.5. The highest BCUT2D eigenvalue weighted by molar-refractivity contribution is 5.77. The van der Waals surface area contributed by atoms with E-state index in [9.17, 15) is 4.79 Å². The summed E-state index contributed by atoms with van der Waals surface area (Å²) >= 11 is 0. The van der Waals surface area contributed by atoms with Gasteiger partial charge in [0.15, 0.2) is 18.1 Å². The molecule has 1 aromatic carbocycles. The molecule has 1 rings (SSSR count). The maximum absolute atomic E-state index is 11.5. The molecule has 6 nitrogen and oxygen atoms in total. The Hall–Kier alpha value is -1.79. The van der Waals surface area contributed by atoms with Crippen LogP contribution < -0.4 is 14.8 Å². The SMILES string of the molecule is COCCCNC(=O)COc1ccc(CO)cc1OC. The third kappa shape index (κ3) is 5.46. The van der Waals surface area contributed by atoms with Crippen molar-refractivity contribution >= 4 is 5.91 Å². The first-order chi connectivity index (χ1) is 9.71. The zero-order chi connectivity index (χ0) is 14.8. The first-order valence-electron chi connectivity index (χ1n) is 6.37. The minimum atomic E-state index is -0.200. The van der Waals surface area contributed by atoms with E-state index in [1.54, 1.807) is 25.3 Å². The molecule has 0 fully saturated rings. The smallest absolute Gasteiger partial charge is 0.257 e. The summed E-state index contributed by atoms with van der Waals surface area (Å²) in [6.07, 6.45) is 0.761. The van der Waals surface area contributed by atoms with Gasteiger partial charge in [-0.3, -0.25) is 4.79 Å². The first-order valence-corrected chi connectivity index (χ1v) is 6.37. The van der Waals surface area contributed by atoms with E-state index in [1.807, 2.05) is 0 Å². The van der Waals surface area contributed by atoms with Gasteiger partial charge in [-0.1, -0.05) is 6.07 Å². The lowest BCUT2D eigenvalue weighted by Crippen LogP contribution is -2.30. The number of hydrogen-bond acceptors (Lipinski definition) is 5. The fraction of sp³-hybridized carbons (Fsp3) is 0.500. The van der Waals surface area contributed by atoms with Crippen molar-refractivity contribution in [3.05, 3.63) is 23.8 Å². The molecule has 0 saturated carbocycles. The Labute approximate surface area is 118 Å². The number of nitrogens with one attached hydrogen (secondary N) is 1. The van der Waals surface area contributed by atoms with Gasteiger partial charge in [0.25, 0.3) is 5.91 Å². The Bertz CT molecular complexity index is 422. The largest absolute Gasteiger partial charge is 0.493 e. The average Bonchev–Trinajstić information content (AvgIpc) is 2.49. The Kier molecular flexibility index (Phi) is 7.46. The topological polar surface area (TPSA) is 77.0 Å². The normalized spacial score (nSPS) is 10.2. The summed E-state index contributed by atoms with van der Waals surface area (Å²) < 4.78 is 15.4. The van der Waals surface area contributed by atoms with Crippen molar-refractivity contribution in [3.63, 3.8) is 0 Å². The van der Waals surface area contributed by atoms with Gasteiger partial charge in [-0.2, -0.15) is 0 Å². The highest BCUT2D eigenvalue weighted by Crippen LogP contribution is 2.27. The molecule has 1 amide bonds. The number of methoxy groups -OCH3 is 2. The van der Waals surface area contributed by atoms with Gasteiger partial charge in [0.05, 0.1) is 13.7 Å². The lowest BCUT2D eigenvalue weighted by Gasteiger charge is -2.11. The number of benzene rings is 1. The molecule has 0 aliphatic rings. The summed E-state index contributed by atoms with van der Waals surface area (Å²) in [4.78, 5) is 11.5. The van der Waals surface area contributed by atoms with Gasteiger partial charge in [-0.25, -0.2) is 0 Å². The fourth-order valence-electron chi connectivity index (χ4n) is 1.57. The van der Waals surface area contributed by atoms with Crippen molar-refractivity contribution < 1.29 is 24.1 Å². The highest BCUT2D eigenvalue weighted by atomic mass is 16.5. The molecule has 20 heavy (non-hydrogen) atoms. The first kappa shape index (κ1) is 16.3. The quantitative estimate of drug-likeness (QED) is 0.653. The van der Waals surface area contributed by atoms with Gasteiger partial charge in [-0.05, 0) is 24.1 Å². The second-order valence-corrected chi connectivity index (χ2v) is 4.13. The van der Waals surface area contributed by atoms with Gasteiger partial charge < -0.3 is 24.6 Å². The van der Waals surface area contributed by atoms with E-state index in [0.717, 1.165) is 12.0 Å². The maximum Gasteiger partial charge on any atom is 0.257 e. The van der Waals surface area contributed by atoms with E-state index in [4.69, 9.17) is 19.3 Å². The Morgan fingerprint density at radius 2 is 2.10 bits per heavy atom. The van der Waals surface area contributed by atoms with Crippen LogP contribution in [0.5, 0.6) is 11.5 Å². The second kappa shape index (κ2) is 9.17. The third-order valence-corrected chi connectivity index (χ3v) is 2.62. The summed E-state index contributed by atoms with van der Waals surface area (Å²) in [6.45, 7) is 1.01. The fourth-order valence-corrected chi connectivity index (χ4v) is 1.57. The van der Waals surface area contributed by atoms with Gasteiger partial charge in [0.2, 0.25) is 0 Å². The van der Waals surface area contributed by atoms with E-state index >= 15 is 0 Å². The second-order valence-electron chi connectivity index (χ2n) is 4.13. The van der Waals surface area contributed by atoms with E-state index in [1.165, 1.54) is 7.11 Å². The predicted octanol–water partition coefficient (Wildman–Crippen LogP) is 0.719. The number of rotatable bonds is 9. The van der Waals surface area contributed by atoms with Gasteiger partial charge >= 0.3 is 0 Å². The van der Waals surface area contributed by atoms with E-state index in [0.29, 0.717) is 24.7 Å². The van der Waals surface area contributed by atoms with Crippen LogP contribution in [0.1, 0.15) is 12.0 Å². The third-order valence-electron chi connectivity index (χ3n) is 2.62. The van der Waals surface area contributed by atoms with Gasteiger partial charge in [-0.15, -0.1) is 0 Å². The van der Waals surface area contributed by atoms with Crippen molar-refractivity contribution in [3.8, 4) is 11.5 Å². The molecule has 0 radical (unpaired) electrons. The lowest BCUT2D eigenvalue weighted by atomic mass is 10.2. The molecule has 0 aliphatic carbocycles. The zero-order valence-electron chi connectivity index (χ0n) is 11.8. The van der Waals surface area contributed by atoms with Crippen molar-refractivity contribution in [2.75, 3.05) is 34.0 Å². The Morgan fingerprint density at radius 1 is 1.30 bits per heavy atom. The molecule has 0 saturated heterocycles. The minimum absolute atomic E-state index is 0.0728. The van der Waals surface area contributed by atoms with Gasteiger partial charge in [0.1, 0.15) is 0 Å². The predicted molar refractivity (Wildman–Crippen MR) is 73.9 cm³/mol. The van der Waals surface area contributed by atoms with E-state index < -0.39 is 0 Å². The van der Waals surface area contributed by atoms with Crippen LogP contribution >= 0.6 is 0 Å². The summed E-state index contributed by atoms with van der Waals surface area (Å²) in [5.74, 6) is 0.759. The number of aliphatic hydroxyl groups excluding tert-OH is 1. The van der Waals surface area contributed by atoms with Crippen LogP contribution in [0.15, 0.2) is 18.2 Å². The monoisotopic (exact) mass is 283 g/mol. The number of carbonyl (C=O) groups excluding carboxylic acids is 1. The molecule has 0 heterocycles. The van der Waals surface area contributed by atoms with Crippen molar-refractivity contribution in [2.24, 2.45) is 0 Å². The molecular weight excluding hydrogens is 262 g/mol. The molecule has 6 heteroatoms. The molecule has 0 aliphatic heterocycles. The zero-order valence-corrected chi connectivity index (χ0v) is 11.8. The van der Waals surface area contributed by atoms with Gasteiger partial charge in [0, 0.05) is 20.3 Å². The standard InChI is InChI=1S/C14H21NO5/c1-18-7-3-6-15-14(17)10-20-12-5-4-11(9-16)8-13(12)19-2/h4-5,8,16H,3,6-7,9-10H2,1-2H3,(H,15,17). The summed E-state index contributed by atoms with van der Waals surface area (Å²) in [7, 11) is 3.13. The molecule has 112 valence electrons. The van der Waals surface area contributed by atoms with Crippen LogP contribution in [0.25, 0.3) is 0 Å². The molecule has 1 aromatic rings. The number of ether oxygens (including phenoxy) is 3. The van der Waals surface area contributed by atoms with E-state index in [2.05, 4.69) is 5.32 Å². The number of amides is 1. The highest BCUT2D eigenvalue weighted by Gasteiger charge is 2.08. The molecule has 0 atom stereocenters. The number of aliphatic hydroxyl groups is 1. The van der Waals surface area contributed by atoms with Crippen molar-refractivity contribution in [1.82, 2.24) is 5.32 Å². The molecule has 0 bridgehead atoms. The molecule has 0 spiro atoms. The molecular formula is C14H21NO5. The summed E-state index contributed by atoms with van der Waals surface area (Å²) in [5, 5.41) is 11.8. The summed E-state index contributed by atoms with van der Waals surface area (Å²) in [5.41, 5.74) is 0.721. The van der Waals surface area contributed by atoms with Crippen molar-refractivity contribution in [2.45, 2.75) is 13.0 Å². The van der Waals surface area contributed by atoms with Crippen LogP contribution in [0, 0.1) is 0 Å². The number of carbonyl (C=O) groups is 1. The molecule has 0 unspecified atom stereocenters. The Balaban J connectivity index is 2.42. The van der Waals surface area contributed by atoms with Crippen LogP contribution in [-0.4, -0.2) is 45.0 Å².